The summed E-state index contributed by atoms with van der Waals surface area (Å²) in [6.07, 6.45) is 2.89. The predicted octanol–water partition coefficient (Wildman–Crippen LogP) is 0.869. The second kappa shape index (κ2) is 5.64. The third kappa shape index (κ3) is 3.19. The van der Waals surface area contributed by atoms with Crippen LogP contribution in [-0.4, -0.2) is 50.7 Å². The molecule has 0 radical (unpaired) electrons. The Kier molecular flexibility index (Phi) is 4.74. The van der Waals surface area contributed by atoms with Gasteiger partial charge in [0.05, 0.1) is 7.11 Å². The van der Waals surface area contributed by atoms with Crippen LogP contribution in [0.2, 0.25) is 0 Å². The van der Waals surface area contributed by atoms with Crippen molar-refractivity contribution in [2.75, 3.05) is 34.3 Å². The molecule has 0 aromatic heterocycles. The molecular formula is C12H24N2O2. The van der Waals surface area contributed by atoms with Crippen molar-refractivity contribution in [3.8, 4) is 0 Å². The molecule has 1 aliphatic carbocycles. The van der Waals surface area contributed by atoms with E-state index in [2.05, 4.69) is 17.1 Å². The van der Waals surface area contributed by atoms with Gasteiger partial charge in [0.2, 0.25) is 0 Å². The molecule has 2 unspecified atom stereocenters. The summed E-state index contributed by atoms with van der Waals surface area (Å²) in [5.74, 6) is 0.501. The molecule has 0 amide bonds. The molecule has 1 fully saturated rings. The van der Waals surface area contributed by atoms with Crippen molar-refractivity contribution in [1.29, 1.82) is 0 Å². The number of carbonyl (C=O) groups excluding carboxylic acids is 1. The van der Waals surface area contributed by atoms with E-state index in [4.69, 9.17) is 4.74 Å². The first-order valence-corrected chi connectivity index (χ1v) is 5.98. The van der Waals surface area contributed by atoms with Crippen molar-refractivity contribution in [2.45, 2.75) is 31.7 Å². The minimum Gasteiger partial charge on any atom is -0.468 e. The van der Waals surface area contributed by atoms with E-state index >= 15 is 0 Å². The Labute approximate surface area is 98.3 Å². The number of likely N-dealkylation sites (N-methyl/N-ethyl adjacent to an activating group) is 1. The Morgan fingerprint density at radius 2 is 2.25 bits per heavy atom. The molecule has 2 atom stereocenters. The van der Waals surface area contributed by atoms with Crippen LogP contribution in [-0.2, 0) is 9.53 Å². The van der Waals surface area contributed by atoms with Gasteiger partial charge in [-0.05, 0) is 39.3 Å². The highest BCUT2D eigenvalue weighted by Crippen LogP contribution is 2.35. The first-order valence-electron chi connectivity index (χ1n) is 5.98. The zero-order chi connectivity index (χ0) is 12.2. The number of ether oxygens (including phenoxy) is 1. The zero-order valence-corrected chi connectivity index (χ0v) is 10.9. The lowest BCUT2D eigenvalue weighted by molar-refractivity contribution is -0.148. The minimum atomic E-state index is -0.426. The van der Waals surface area contributed by atoms with E-state index in [0.717, 1.165) is 32.4 Å². The van der Waals surface area contributed by atoms with Crippen molar-refractivity contribution in [3.05, 3.63) is 0 Å². The molecule has 1 rings (SSSR count). The number of esters is 1. The SMILES string of the molecule is COC(=O)C1(NCCN(C)C)CCC(C)C1. The molecule has 16 heavy (non-hydrogen) atoms. The number of methoxy groups -OCH3 is 1. The highest BCUT2D eigenvalue weighted by Gasteiger charge is 2.44. The summed E-state index contributed by atoms with van der Waals surface area (Å²) in [5, 5.41) is 3.39. The Morgan fingerprint density at radius 1 is 1.56 bits per heavy atom. The van der Waals surface area contributed by atoms with E-state index in [1.165, 1.54) is 7.11 Å². The van der Waals surface area contributed by atoms with Crippen molar-refractivity contribution in [3.63, 3.8) is 0 Å². The Hall–Kier alpha value is -0.610. The summed E-state index contributed by atoms with van der Waals surface area (Å²) in [7, 11) is 5.54. The van der Waals surface area contributed by atoms with Gasteiger partial charge in [-0.25, -0.2) is 0 Å². The first-order chi connectivity index (χ1) is 7.50. The highest BCUT2D eigenvalue weighted by molar-refractivity contribution is 5.81. The Balaban J connectivity index is 2.55. The van der Waals surface area contributed by atoms with Gasteiger partial charge in [-0.1, -0.05) is 6.92 Å². The van der Waals surface area contributed by atoms with Crippen molar-refractivity contribution in [1.82, 2.24) is 10.2 Å². The van der Waals surface area contributed by atoms with E-state index < -0.39 is 5.54 Å². The van der Waals surface area contributed by atoms with Crippen LogP contribution in [0.25, 0.3) is 0 Å². The van der Waals surface area contributed by atoms with Crippen LogP contribution >= 0.6 is 0 Å². The van der Waals surface area contributed by atoms with Gasteiger partial charge >= 0.3 is 5.97 Å². The second-order valence-corrected chi connectivity index (χ2v) is 5.15. The zero-order valence-electron chi connectivity index (χ0n) is 10.9. The van der Waals surface area contributed by atoms with Gasteiger partial charge in [0.15, 0.2) is 0 Å². The molecule has 0 aromatic carbocycles. The maximum atomic E-state index is 11.9. The highest BCUT2D eigenvalue weighted by atomic mass is 16.5. The molecule has 4 nitrogen and oxygen atoms in total. The molecule has 1 N–H and O–H groups in total. The molecule has 1 aliphatic rings. The molecule has 1 saturated carbocycles. The van der Waals surface area contributed by atoms with Gasteiger partial charge in [0.25, 0.3) is 0 Å². The Bertz CT molecular complexity index is 243. The average molecular weight is 228 g/mol. The standard InChI is InChI=1S/C12H24N2O2/c1-10-5-6-12(9-10,11(15)16-4)13-7-8-14(2)3/h10,13H,5-9H2,1-4H3. The van der Waals surface area contributed by atoms with Crippen LogP contribution in [0, 0.1) is 5.92 Å². The molecule has 0 heterocycles. The first kappa shape index (κ1) is 13.5. The van der Waals surface area contributed by atoms with Gasteiger partial charge in [0.1, 0.15) is 5.54 Å². The van der Waals surface area contributed by atoms with Crippen LogP contribution in [0.15, 0.2) is 0 Å². The smallest absolute Gasteiger partial charge is 0.326 e. The van der Waals surface area contributed by atoms with Crippen molar-refractivity contribution >= 4 is 5.97 Å². The van der Waals surface area contributed by atoms with Crippen LogP contribution in [0.5, 0.6) is 0 Å². The number of rotatable bonds is 5. The predicted molar refractivity (Wildman–Crippen MR) is 64.3 cm³/mol. The molecule has 0 spiro atoms. The lowest BCUT2D eigenvalue weighted by atomic mass is 9.96. The van der Waals surface area contributed by atoms with Gasteiger partial charge in [-0.3, -0.25) is 4.79 Å². The fraction of sp³-hybridized carbons (Fsp3) is 0.917. The van der Waals surface area contributed by atoms with Crippen LogP contribution in [0.3, 0.4) is 0 Å². The minimum absolute atomic E-state index is 0.101. The lowest BCUT2D eigenvalue weighted by Gasteiger charge is -2.28. The molecule has 0 bridgehead atoms. The molecule has 94 valence electrons. The van der Waals surface area contributed by atoms with Gasteiger partial charge in [-0.2, -0.15) is 0 Å². The normalized spacial score (nSPS) is 29.7. The summed E-state index contributed by atoms with van der Waals surface area (Å²) in [5.41, 5.74) is -0.426. The average Bonchev–Trinajstić information content (AvgIpc) is 2.60. The molecule has 0 aliphatic heterocycles. The van der Waals surface area contributed by atoms with Crippen molar-refractivity contribution < 1.29 is 9.53 Å². The van der Waals surface area contributed by atoms with E-state index in [1.807, 2.05) is 14.1 Å². The topological polar surface area (TPSA) is 41.6 Å². The van der Waals surface area contributed by atoms with Gasteiger partial charge in [-0.15, -0.1) is 0 Å². The summed E-state index contributed by atoms with van der Waals surface area (Å²) in [4.78, 5) is 14.0. The monoisotopic (exact) mass is 228 g/mol. The van der Waals surface area contributed by atoms with Crippen LogP contribution in [0.1, 0.15) is 26.2 Å². The summed E-state index contributed by atoms with van der Waals surface area (Å²) >= 11 is 0. The Morgan fingerprint density at radius 3 is 2.69 bits per heavy atom. The number of nitrogens with one attached hydrogen (secondary N) is 1. The van der Waals surface area contributed by atoms with E-state index in [9.17, 15) is 4.79 Å². The fourth-order valence-electron chi connectivity index (χ4n) is 2.42. The number of hydrogen-bond donors (Lipinski definition) is 1. The van der Waals surface area contributed by atoms with Crippen LogP contribution in [0.4, 0.5) is 0 Å². The third-order valence-corrected chi connectivity index (χ3v) is 3.36. The molecule has 0 saturated heterocycles. The summed E-state index contributed by atoms with van der Waals surface area (Å²) in [6.45, 7) is 3.96. The maximum Gasteiger partial charge on any atom is 0.326 e. The number of nitrogens with zero attached hydrogens (tertiary/aromatic N) is 1. The number of carbonyl (C=O) groups is 1. The van der Waals surface area contributed by atoms with E-state index in [1.54, 1.807) is 0 Å². The fourth-order valence-corrected chi connectivity index (χ4v) is 2.42. The van der Waals surface area contributed by atoms with Crippen LogP contribution < -0.4 is 5.32 Å². The molecular weight excluding hydrogens is 204 g/mol. The number of hydrogen-bond acceptors (Lipinski definition) is 4. The summed E-state index contributed by atoms with van der Waals surface area (Å²) < 4.78 is 4.93. The lowest BCUT2D eigenvalue weighted by Crippen LogP contribution is -2.52. The molecule has 4 heteroatoms. The van der Waals surface area contributed by atoms with Crippen molar-refractivity contribution in [2.24, 2.45) is 5.92 Å². The molecule has 0 aromatic rings. The third-order valence-electron chi connectivity index (χ3n) is 3.36. The largest absolute Gasteiger partial charge is 0.468 e. The van der Waals surface area contributed by atoms with E-state index in [0.29, 0.717) is 5.92 Å². The van der Waals surface area contributed by atoms with Gasteiger partial charge in [0, 0.05) is 13.1 Å². The van der Waals surface area contributed by atoms with E-state index in [-0.39, 0.29) is 5.97 Å². The second-order valence-electron chi connectivity index (χ2n) is 5.15. The summed E-state index contributed by atoms with van der Waals surface area (Å²) in [6, 6.07) is 0. The van der Waals surface area contributed by atoms with Gasteiger partial charge < -0.3 is 15.0 Å². The quantitative estimate of drug-likeness (QED) is 0.709. The maximum absolute atomic E-state index is 11.9.